The first kappa shape index (κ1) is 27.7. The van der Waals surface area contributed by atoms with Gasteiger partial charge >= 0.3 is 0 Å². The third-order valence-corrected chi connectivity index (χ3v) is 11.1. The Labute approximate surface area is 247 Å². The van der Waals surface area contributed by atoms with Crippen LogP contribution in [0.3, 0.4) is 0 Å². The molecule has 42 heavy (non-hydrogen) atoms. The number of aryl methyl sites for hydroxylation is 1. The number of carbonyl (C=O) groups is 2. The first-order valence-electron chi connectivity index (χ1n) is 13.3. The van der Waals surface area contributed by atoms with Gasteiger partial charge in [0.15, 0.2) is 0 Å². The maximum Gasteiger partial charge on any atom is 0.287 e. The van der Waals surface area contributed by atoms with Crippen molar-refractivity contribution in [2.45, 2.75) is 28.7 Å². The van der Waals surface area contributed by atoms with Crippen molar-refractivity contribution in [2.75, 3.05) is 6.61 Å². The molecular weight excluding hydrogens is 572 g/mol. The van der Waals surface area contributed by atoms with Gasteiger partial charge in [-0.05, 0) is 71.4 Å². The van der Waals surface area contributed by atoms with Crippen LogP contribution < -0.4 is 10.1 Å². The molecule has 212 valence electrons. The summed E-state index contributed by atoms with van der Waals surface area (Å²) in [6.45, 7) is 2.22. The van der Waals surface area contributed by atoms with E-state index in [1.807, 2.05) is 55.5 Å². The monoisotopic (exact) mass is 598 g/mol. The Morgan fingerprint density at radius 3 is 2.33 bits per heavy atom. The molecule has 0 radical (unpaired) electrons. The van der Waals surface area contributed by atoms with Crippen LogP contribution in [0.15, 0.2) is 106 Å². The molecule has 0 saturated carbocycles. The summed E-state index contributed by atoms with van der Waals surface area (Å²) in [7, 11) is -4.27. The molecule has 4 aromatic carbocycles. The van der Waals surface area contributed by atoms with Gasteiger partial charge < -0.3 is 9.15 Å². The first-order valence-corrected chi connectivity index (χ1v) is 15.6. The second-order valence-corrected chi connectivity index (χ2v) is 13.6. The Morgan fingerprint density at radius 2 is 1.62 bits per heavy atom. The third kappa shape index (κ3) is 5.19. The number of thioether (sulfide) groups is 1. The number of rotatable bonds is 9. The smallest absolute Gasteiger partial charge is 0.287 e. The van der Waals surface area contributed by atoms with Crippen LogP contribution in [0.2, 0.25) is 0 Å². The highest BCUT2D eigenvalue weighted by molar-refractivity contribution is 8.25. The van der Waals surface area contributed by atoms with E-state index in [4.69, 9.17) is 9.15 Å². The molecule has 1 atom stereocenters. The Morgan fingerprint density at radius 1 is 0.905 bits per heavy atom. The molecule has 5 aromatic rings. The van der Waals surface area contributed by atoms with Crippen molar-refractivity contribution in [3.63, 3.8) is 0 Å². The van der Waals surface area contributed by atoms with Gasteiger partial charge in [0.05, 0.1) is 17.2 Å². The van der Waals surface area contributed by atoms with Gasteiger partial charge in [-0.2, -0.15) is 0 Å². The average Bonchev–Trinajstić information content (AvgIpc) is 3.52. The number of amides is 2. The fraction of sp³-hybridized carbons (Fsp3) is 0.156. The largest absolute Gasteiger partial charge is 0.493 e. The van der Waals surface area contributed by atoms with E-state index in [0.717, 1.165) is 27.8 Å². The fourth-order valence-electron chi connectivity index (χ4n) is 4.92. The van der Waals surface area contributed by atoms with Crippen molar-refractivity contribution in [1.82, 2.24) is 10.3 Å². The number of oxazole rings is 1. The van der Waals surface area contributed by atoms with Crippen molar-refractivity contribution in [3.8, 4) is 17.2 Å². The van der Waals surface area contributed by atoms with Gasteiger partial charge in [0.2, 0.25) is 19.8 Å². The molecule has 1 fully saturated rings. The lowest BCUT2D eigenvalue weighted by atomic mass is 10.1. The maximum atomic E-state index is 14.0. The summed E-state index contributed by atoms with van der Waals surface area (Å²) in [6, 6.07) is 28.6. The van der Waals surface area contributed by atoms with Crippen LogP contribution in [0, 0.1) is 6.92 Å². The summed E-state index contributed by atoms with van der Waals surface area (Å²) in [6.07, 6.45) is 0.348. The second kappa shape index (κ2) is 11.1. The lowest BCUT2D eigenvalue weighted by molar-refractivity contribution is -0.119. The molecule has 1 aliphatic heterocycles. The topological polar surface area (TPSA) is 116 Å². The molecule has 1 aliphatic rings. The maximum absolute atomic E-state index is 14.0. The Kier molecular flexibility index (Phi) is 7.34. The number of sulfone groups is 1. The summed E-state index contributed by atoms with van der Waals surface area (Å²) in [5, 5.41) is 3.08. The van der Waals surface area contributed by atoms with E-state index in [2.05, 4.69) is 10.3 Å². The summed E-state index contributed by atoms with van der Waals surface area (Å²) >= 11 is 0.506. The van der Waals surface area contributed by atoms with E-state index in [9.17, 15) is 18.0 Å². The van der Waals surface area contributed by atoms with Crippen molar-refractivity contribution in [2.24, 2.45) is 0 Å². The number of aromatic nitrogens is 1. The molecule has 0 spiro atoms. The van der Waals surface area contributed by atoms with Gasteiger partial charge in [-0.1, -0.05) is 60.7 Å². The van der Waals surface area contributed by atoms with E-state index in [0.29, 0.717) is 42.0 Å². The fourth-order valence-corrected chi connectivity index (χ4v) is 8.27. The quantitative estimate of drug-likeness (QED) is 0.216. The molecule has 10 heteroatoms. The van der Waals surface area contributed by atoms with Gasteiger partial charge in [0.1, 0.15) is 11.5 Å². The molecule has 0 bridgehead atoms. The lowest BCUT2D eigenvalue weighted by Crippen LogP contribution is -2.45. The molecule has 8 nitrogen and oxygen atoms in total. The number of fused-ring (bicyclic) bond motifs is 1. The predicted octanol–water partition coefficient (Wildman–Crippen LogP) is 6.12. The van der Waals surface area contributed by atoms with Gasteiger partial charge in [-0.25, -0.2) is 13.4 Å². The zero-order chi connectivity index (χ0) is 29.3. The second-order valence-electron chi connectivity index (χ2n) is 9.92. The minimum Gasteiger partial charge on any atom is -0.493 e. The number of ether oxygens (including phenoxy) is 1. The number of hydrogen-bond donors (Lipinski definition) is 1. The molecule has 1 N–H and O–H groups in total. The van der Waals surface area contributed by atoms with Crippen LogP contribution in [0.4, 0.5) is 4.79 Å². The average molecular weight is 599 g/mol. The van der Waals surface area contributed by atoms with Crippen molar-refractivity contribution < 1.29 is 27.2 Å². The van der Waals surface area contributed by atoms with Crippen LogP contribution in [0.1, 0.15) is 17.0 Å². The highest BCUT2D eigenvalue weighted by Crippen LogP contribution is 2.44. The molecule has 1 saturated heterocycles. The van der Waals surface area contributed by atoms with E-state index in [1.165, 1.54) is 6.07 Å². The molecule has 1 unspecified atom stereocenters. The van der Waals surface area contributed by atoms with Gasteiger partial charge in [-0.15, -0.1) is 0 Å². The van der Waals surface area contributed by atoms with E-state index in [-0.39, 0.29) is 11.3 Å². The van der Waals surface area contributed by atoms with Crippen LogP contribution in [-0.2, 0) is 27.5 Å². The Balaban J connectivity index is 1.17. The standard InChI is InChI=1S/C32H26N2O6S2/c1-21-28(33-29(40-21)24-8-3-2-4-9-24)17-18-39-26-14-11-22(12-15-26)20-32(30(35)34-31(36)41-32)42(37,38)27-16-13-23-7-5-6-10-25(23)19-27/h2-16,19H,17-18,20H2,1H3,(H,34,35,36). The number of nitrogens with zero attached hydrogens (tertiary/aromatic N) is 1. The number of carbonyl (C=O) groups excluding carboxylic acids is 2. The minimum absolute atomic E-state index is 0.0166. The summed E-state index contributed by atoms with van der Waals surface area (Å²) in [5.74, 6) is 1.03. The van der Waals surface area contributed by atoms with Crippen molar-refractivity contribution in [1.29, 1.82) is 0 Å². The summed E-state index contributed by atoms with van der Waals surface area (Å²) in [5.41, 5.74) is 2.28. The van der Waals surface area contributed by atoms with Gasteiger partial charge in [0, 0.05) is 18.4 Å². The Hall–Kier alpha value is -4.41. The molecule has 2 amide bonds. The highest BCUT2D eigenvalue weighted by Gasteiger charge is 2.58. The summed E-state index contributed by atoms with van der Waals surface area (Å²) in [4.78, 5) is 29.9. The van der Waals surface area contributed by atoms with E-state index < -0.39 is 25.1 Å². The zero-order valence-corrected chi connectivity index (χ0v) is 24.2. The van der Waals surface area contributed by atoms with Crippen LogP contribution in [0.5, 0.6) is 5.75 Å². The number of imide groups is 1. The zero-order valence-electron chi connectivity index (χ0n) is 22.6. The molecular formula is C32H26N2O6S2. The Bertz CT molecular complexity index is 1900. The third-order valence-electron chi connectivity index (χ3n) is 7.17. The lowest BCUT2D eigenvalue weighted by Gasteiger charge is -2.25. The molecule has 6 rings (SSSR count). The van der Waals surface area contributed by atoms with E-state index in [1.54, 1.807) is 42.5 Å². The van der Waals surface area contributed by atoms with Gasteiger partial charge in [-0.3, -0.25) is 14.9 Å². The van der Waals surface area contributed by atoms with Crippen LogP contribution in [0.25, 0.3) is 22.2 Å². The van der Waals surface area contributed by atoms with Crippen LogP contribution in [-0.4, -0.2) is 35.2 Å². The predicted molar refractivity (Wildman–Crippen MR) is 161 cm³/mol. The van der Waals surface area contributed by atoms with Crippen LogP contribution >= 0.6 is 11.8 Å². The number of hydrogen-bond acceptors (Lipinski definition) is 8. The molecule has 2 heterocycles. The SMILES string of the molecule is Cc1oc(-c2ccccc2)nc1CCOc1ccc(CC2(S(=O)(=O)c3ccc4ccccc4c3)SC(=O)NC2=O)cc1. The summed E-state index contributed by atoms with van der Waals surface area (Å²) < 4.78 is 37.6. The van der Waals surface area contributed by atoms with Crippen molar-refractivity contribution >= 4 is 43.5 Å². The first-order chi connectivity index (χ1) is 20.2. The normalized spacial score (nSPS) is 17.0. The molecule has 1 aromatic heterocycles. The van der Waals surface area contributed by atoms with Gasteiger partial charge in [0.25, 0.3) is 11.1 Å². The minimum atomic E-state index is -4.27. The van der Waals surface area contributed by atoms with E-state index >= 15 is 0 Å². The number of nitrogens with one attached hydrogen (secondary N) is 1. The van der Waals surface area contributed by atoms with Crippen molar-refractivity contribution in [3.05, 3.63) is 114 Å². The highest BCUT2D eigenvalue weighted by atomic mass is 32.3. The molecule has 0 aliphatic carbocycles. The number of benzene rings is 4.